The largest absolute Gasteiger partial charge is 0.334 e. The van der Waals surface area contributed by atoms with E-state index in [1.807, 2.05) is 6.07 Å². The predicted molar refractivity (Wildman–Crippen MR) is 91.2 cm³/mol. The van der Waals surface area contributed by atoms with Crippen molar-refractivity contribution in [3.63, 3.8) is 0 Å². The fraction of sp³-hybridized carbons (Fsp3) is 0.529. The van der Waals surface area contributed by atoms with Crippen molar-refractivity contribution < 1.29 is 4.52 Å². The number of hydrogen-bond donors (Lipinski definition) is 1. The Kier molecular flexibility index (Phi) is 4.71. The van der Waals surface area contributed by atoms with Crippen LogP contribution >= 0.6 is 12.4 Å². The minimum absolute atomic E-state index is 0. The van der Waals surface area contributed by atoms with Gasteiger partial charge in [-0.2, -0.15) is 4.98 Å². The van der Waals surface area contributed by atoms with Gasteiger partial charge in [0.1, 0.15) is 0 Å². The van der Waals surface area contributed by atoms with Crippen LogP contribution < -0.4 is 5.73 Å². The van der Waals surface area contributed by atoms with Crippen LogP contribution in [0.1, 0.15) is 43.5 Å². The Morgan fingerprint density at radius 1 is 1.17 bits per heavy atom. The quantitative estimate of drug-likeness (QED) is 0.930. The van der Waals surface area contributed by atoms with Gasteiger partial charge in [-0.3, -0.25) is 4.90 Å². The van der Waals surface area contributed by atoms with E-state index in [0.29, 0.717) is 11.7 Å². The molecule has 5 nitrogen and oxygen atoms in total. The molecule has 6 heteroatoms. The van der Waals surface area contributed by atoms with Crippen LogP contribution in [0.5, 0.6) is 0 Å². The van der Waals surface area contributed by atoms with E-state index in [2.05, 4.69) is 33.2 Å². The average Bonchev–Trinajstić information content (AvgIpc) is 3.16. The van der Waals surface area contributed by atoms with Gasteiger partial charge in [0.25, 0.3) is 5.89 Å². The molecule has 0 spiro atoms. The molecule has 0 atom stereocenters. The van der Waals surface area contributed by atoms with Crippen molar-refractivity contribution in [3.8, 4) is 11.5 Å². The Balaban J connectivity index is 0.00000156. The molecule has 23 heavy (non-hydrogen) atoms. The van der Waals surface area contributed by atoms with Crippen LogP contribution in [0.4, 0.5) is 0 Å². The molecule has 124 valence electrons. The number of likely N-dealkylation sites (tertiary alicyclic amines) is 1. The first-order valence-corrected chi connectivity index (χ1v) is 8.18. The van der Waals surface area contributed by atoms with Crippen LogP contribution in [0.3, 0.4) is 0 Å². The van der Waals surface area contributed by atoms with Gasteiger partial charge in [-0.1, -0.05) is 17.3 Å². The molecule has 1 saturated carbocycles. The highest BCUT2D eigenvalue weighted by molar-refractivity contribution is 5.85. The van der Waals surface area contributed by atoms with Crippen molar-refractivity contribution >= 4 is 12.4 Å². The number of halogens is 1. The molecule has 2 aromatic rings. The molecule has 1 aliphatic heterocycles. The van der Waals surface area contributed by atoms with Gasteiger partial charge in [-0.05, 0) is 62.9 Å². The molecule has 1 saturated heterocycles. The van der Waals surface area contributed by atoms with Gasteiger partial charge < -0.3 is 10.3 Å². The lowest BCUT2D eigenvalue weighted by Gasteiger charge is -2.34. The Hall–Kier alpha value is -1.43. The van der Waals surface area contributed by atoms with Gasteiger partial charge in [0.05, 0.1) is 5.54 Å². The highest BCUT2D eigenvalue weighted by Gasteiger charge is 2.39. The van der Waals surface area contributed by atoms with Gasteiger partial charge in [-0.25, -0.2) is 0 Å². The third kappa shape index (κ3) is 3.27. The molecule has 0 amide bonds. The standard InChI is InChI=1S/C17H22N4O.ClH/c18-17(7-4-8-17)16-19-15(22-20-16)14-6-3-5-13(11-14)12-21-9-1-2-10-21;/h3,5-6,11H,1-2,4,7-10,12,18H2;1H. The molecular weight excluding hydrogens is 312 g/mol. The number of aromatic nitrogens is 2. The van der Waals surface area contributed by atoms with E-state index < -0.39 is 0 Å². The molecule has 2 fully saturated rings. The Labute approximate surface area is 142 Å². The number of nitrogens with zero attached hydrogens (tertiary/aromatic N) is 3. The van der Waals surface area contributed by atoms with Crippen molar-refractivity contribution in [1.29, 1.82) is 0 Å². The van der Waals surface area contributed by atoms with E-state index in [9.17, 15) is 0 Å². The zero-order chi connectivity index (χ0) is 15.0. The molecular formula is C17H23ClN4O. The summed E-state index contributed by atoms with van der Waals surface area (Å²) in [6.07, 6.45) is 5.66. The maximum absolute atomic E-state index is 6.26. The number of rotatable bonds is 4. The number of benzene rings is 1. The first-order chi connectivity index (χ1) is 10.7. The fourth-order valence-corrected chi connectivity index (χ4v) is 3.33. The Morgan fingerprint density at radius 2 is 1.96 bits per heavy atom. The normalized spacial score (nSPS) is 20.0. The van der Waals surface area contributed by atoms with Gasteiger partial charge in [0, 0.05) is 12.1 Å². The van der Waals surface area contributed by atoms with Gasteiger partial charge >= 0.3 is 0 Å². The summed E-state index contributed by atoms with van der Waals surface area (Å²) < 4.78 is 5.44. The van der Waals surface area contributed by atoms with Crippen LogP contribution in [-0.4, -0.2) is 28.1 Å². The fourth-order valence-electron chi connectivity index (χ4n) is 3.33. The molecule has 0 radical (unpaired) electrons. The molecule has 2 N–H and O–H groups in total. The second kappa shape index (κ2) is 6.59. The maximum atomic E-state index is 6.26. The van der Waals surface area contributed by atoms with Crippen molar-refractivity contribution in [2.24, 2.45) is 5.73 Å². The van der Waals surface area contributed by atoms with E-state index in [4.69, 9.17) is 10.3 Å². The molecule has 2 heterocycles. The van der Waals surface area contributed by atoms with E-state index in [0.717, 1.165) is 31.4 Å². The summed E-state index contributed by atoms with van der Waals surface area (Å²) in [6, 6.07) is 8.40. The average molecular weight is 335 g/mol. The highest BCUT2D eigenvalue weighted by Crippen LogP contribution is 2.37. The minimum atomic E-state index is -0.366. The molecule has 2 aliphatic rings. The third-order valence-electron chi connectivity index (χ3n) is 4.90. The first-order valence-electron chi connectivity index (χ1n) is 8.18. The van der Waals surface area contributed by atoms with Gasteiger partial charge in [0.15, 0.2) is 5.82 Å². The molecule has 4 rings (SSSR count). The maximum Gasteiger partial charge on any atom is 0.258 e. The van der Waals surface area contributed by atoms with E-state index >= 15 is 0 Å². The van der Waals surface area contributed by atoms with Crippen molar-refractivity contribution in [2.45, 2.75) is 44.2 Å². The predicted octanol–water partition coefficient (Wildman–Crippen LogP) is 3.09. The lowest BCUT2D eigenvalue weighted by molar-refractivity contribution is 0.229. The molecule has 1 aromatic heterocycles. The van der Waals surface area contributed by atoms with Crippen molar-refractivity contribution in [3.05, 3.63) is 35.7 Å². The van der Waals surface area contributed by atoms with E-state index in [-0.39, 0.29) is 17.9 Å². The molecule has 1 aromatic carbocycles. The topological polar surface area (TPSA) is 68.2 Å². The summed E-state index contributed by atoms with van der Waals surface area (Å²) in [5.41, 5.74) is 8.18. The number of hydrogen-bond acceptors (Lipinski definition) is 5. The van der Waals surface area contributed by atoms with Gasteiger partial charge in [-0.15, -0.1) is 12.4 Å². The summed E-state index contributed by atoms with van der Waals surface area (Å²) in [5, 5.41) is 4.10. The number of nitrogens with two attached hydrogens (primary N) is 1. The first kappa shape index (κ1) is 16.4. The summed E-state index contributed by atoms with van der Waals surface area (Å²) in [4.78, 5) is 7.02. The second-order valence-electron chi connectivity index (χ2n) is 6.62. The summed E-state index contributed by atoms with van der Waals surface area (Å²) >= 11 is 0. The summed E-state index contributed by atoms with van der Waals surface area (Å²) in [6.45, 7) is 3.39. The molecule has 1 aliphatic carbocycles. The van der Waals surface area contributed by atoms with Crippen molar-refractivity contribution in [2.75, 3.05) is 13.1 Å². The van der Waals surface area contributed by atoms with Crippen LogP contribution in [-0.2, 0) is 12.1 Å². The van der Waals surface area contributed by atoms with Crippen molar-refractivity contribution in [1.82, 2.24) is 15.0 Å². The van der Waals surface area contributed by atoms with E-state index in [1.165, 1.54) is 31.5 Å². The van der Waals surface area contributed by atoms with Crippen LogP contribution in [0.25, 0.3) is 11.5 Å². The minimum Gasteiger partial charge on any atom is -0.334 e. The summed E-state index contributed by atoms with van der Waals surface area (Å²) in [7, 11) is 0. The lowest BCUT2D eigenvalue weighted by Crippen LogP contribution is -2.44. The highest BCUT2D eigenvalue weighted by atomic mass is 35.5. The Bertz CT molecular complexity index is 662. The van der Waals surface area contributed by atoms with Gasteiger partial charge in [0.2, 0.25) is 0 Å². The zero-order valence-electron chi connectivity index (χ0n) is 13.2. The zero-order valence-corrected chi connectivity index (χ0v) is 14.0. The van der Waals surface area contributed by atoms with Crippen LogP contribution in [0.15, 0.2) is 28.8 Å². The Morgan fingerprint density at radius 3 is 2.65 bits per heavy atom. The SMILES string of the molecule is Cl.NC1(c2noc(-c3cccc(CN4CCCC4)c3)n2)CCC1. The van der Waals surface area contributed by atoms with E-state index in [1.54, 1.807) is 0 Å². The van der Waals surface area contributed by atoms with Crippen LogP contribution in [0, 0.1) is 0 Å². The van der Waals surface area contributed by atoms with Crippen LogP contribution in [0.2, 0.25) is 0 Å². The monoisotopic (exact) mass is 334 g/mol. The molecule has 0 unspecified atom stereocenters. The second-order valence-corrected chi connectivity index (χ2v) is 6.62. The summed E-state index contributed by atoms with van der Waals surface area (Å²) in [5.74, 6) is 1.23. The smallest absolute Gasteiger partial charge is 0.258 e. The lowest BCUT2D eigenvalue weighted by atomic mass is 9.77. The third-order valence-corrected chi connectivity index (χ3v) is 4.90. The molecule has 0 bridgehead atoms.